The van der Waals surface area contributed by atoms with Gasteiger partial charge in [0.2, 0.25) is 0 Å². The van der Waals surface area contributed by atoms with E-state index in [4.69, 9.17) is 15.3 Å². The van der Waals surface area contributed by atoms with Crippen molar-refractivity contribution in [3.05, 3.63) is 0 Å². The zero-order valence-corrected chi connectivity index (χ0v) is 15.0. The van der Waals surface area contributed by atoms with E-state index in [1.165, 1.54) is 0 Å². The molecule has 0 rings (SSSR count). The fourth-order valence-corrected chi connectivity index (χ4v) is 0.841. The first-order chi connectivity index (χ1) is 10.2. The Morgan fingerprint density at radius 2 is 1.17 bits per heavy atom. The van der Waals surface area contributed by atoms with Crippen LogP contribution in [0, 0.1) is 0 Å². The fourth-order valence-electron chi connectivity index (χ4n) is 0.841. The number of aliphatic hydroxyl groups excluding tert-OH is 3. The average molecular weight is 340 g/mol. The summed E-state index contributed by atoms with van der Waals surface area (Å²) in [6.45, 7) is 2.23. The highest BCUT2D eigenvalue weighted by molar-refractivity contribution is 5.76. The second-order valence-electron chi connectivity index (χ2n) is 6.89. The van der Waals surface area contributed by atoms with Crippen LogP contribution in [-0.4, -0.2) is 111 Å². The summed E-state index contributed by atoms with van der Waals surface area (Å²) in [6, 6.07) is 0. The number of quaternary nitrogens is 2. The number of likely N-dealkylation sites (N-methyl/N-ethyl adjacent to an activating group) is 2. The number of carboxylic acids is 2. The smallest absolute Gasteiger partial charge is 0.101 e. The number of carboxylic acid groups (broad SMARTS) is 2. The van der Waals surface area contributed by atoms with Crippen molar-refractivity contribution in [1.82, 2.24) is 0 Å². The Labute approximate surface area is 138 Å². The van der Waals surface area contributed by atoms with Crippen molar-refractivity contribution in [2.75, 3.05) is 68.6 Å². The van der Waals surface area contributed by atoms with Gasteiger partial charge in [-0.2, -0.15) is 0 Å². The van der Waals surface area contributed by atoms with E-state index in [0.717, 1.165) is 22.1 Å². The van der Waals surface area contributed by atoms with Crippen LogP contribution in [0.3, 0.4) is 0 Å². The van der Waals surface area contributed by atoms with Crippen LogP contribution in [-0.2, 0) is 9.59 Å². The lowest BCUT2D eigenvalue weighted by molar-refractivity contribution is -0.870. The molecule has 1 atom stereocenters. The molecule has 0 aliphatic heterocycles. The number of aliphatic hydroxyl groups is 3. The molecule has 0 aromatic heterocycles. The molecule has 0 aliphatic carbocycles. The minimum atomic E-state index is -1.96. The molecule has 0 saturated carbocycles. The molecule has 0 aromatic rings. The van der Waals surface area contributed by atoms with Gasteiger partial charge in [0.15, 0.2) is 0 Å². The Balaban J connectivity index is -0.000000264. The molecule has 0 aliphatic rings. The first-order valence-electron chi connectivity index (χ1n) is 7.07. The quantitative estimate of drug-likeness (QED) is 0.397. The van der Waals surface area contributed by atoms with Gasteiger partial charge >= 0.3 is 0 Å². The largest absolute Gasteiger partial charge is 0.550 e. The lowest BCUT2D eigenvalue weighted by Crippen LogP contribution is -2.39. The molecule has 0 radical (unpaired) electrons. The summed E-state index contributed by atoms with van der Waals surface area (Å²) in [5.41, 5.74) is 0. The van der Waals surface area contributed by atoms with Crippen LogP contribution in [0.5, 0.6) is 0 Å². The number of nitrogens with zero attached hydrogens (tertiary/aromatic N) is 2. The molecule has 9 nitrogen and oxygen atoms in total. The van der Waals surface area contributed by atoms with Gasteiger partial charge in [-0.25, -0.2) is 0 Å². The van der Waals surface area contributed by atoms with E-state index >= 15 is 0 Å². The molecule has 0 aromatic carbocycles. The summed E-state index contributed by atoms with van der Waals surface area (Å²) in [5.74, 6) is -3.43. The Bertz CT molecular complexity index is 306. The van der Waals surface area contributed by atoms with E-state index in [2.05, 4.69) is 42.3 Å². The van der Waals surface area contributed by atoms with Crippen molar-refractivity contribution in [3.8, 4) is 0 Å². The molecule has 140 valence electrons. The van der Waals surface area contributed by atoms with Crippen molar-refractivity contribution in [2.24, 2.45) is 0 Å². The Morgan fingerprint density at radius 3 is 1.22 bits per heavy atom. The summed E-state index contributed by atoms with van der Waals surface area (Å²) in [4.78, 5) is 19.1. The lowest BCUT2D eigenvalue weighted by Gasteiger charge is -2.21. The average Bonchev–Trinajstić information content (AvgIpc) is 2.25. The van der Waals surface area contributed by atoms with Crippen molar-refractivity contribution in [1.29, 1.82) is 0 Å². The minimum absolute atomic E-state index is 0.281. The number of carbonyl (C=O) groups excluding carboxylic acids is 2. The minimum Gasteiger partial charge on any atom is -0.550 e. The van der Waals surface area contributed by atoms with Gasteiger partial charge in [-0.15, -0.1) is 0 Å². The van der Waals surface area contributed by atoms with Crippen LogP contribution in [0.15, 0.2) is 0 Å². The number of hydrogen-bond donors (Lipinski definition) is 3. The van der Waals surface area contributed by atoms with Gasteiger partial charge in [-0.1, -0.05) is 0 Å². The van der Waals surface area contributed by atoms with E-state index in [1.54, 1.807) is 0 Å². The SMILES string of the molecule is C[N+](C)(C)CCO.C[N+](C)(C)CCO.O=C([O-])CC(O)C(=O)[O-]. The fraction of sp³-hybridized carbons (Fsp3) is 0.857. The maximum Gasteiger partial charge on any atom is 0.101 e. The Hall–Kier alpha value is -1.26. The number of hydrogen-bond acceptors (Lipinski definition) is 7. The van der Waals surface area contributed by atoms with Gasteiger partial charge in [-0.3, -0.25) is 0 Å². The standard InChI is InChI=1S/2C5H14NO.C4H6O5/c2*1-6(2,3)4-5-7;5-2(4(8)9)1-3(6)7/h2*7H,4-5H2,1-3H3;2,5H,1H2,(H,6,7)(H,8,9)/q2*+1;/p-2. The van der Waals surface area contributed by atoms with Gasteiger partial charge in [-0.05, 0) is 0 Å². The third kappa shape index (κ3) is 33.5. The van der Waals surface area contributed by atoms with Crippen LogP contribution in [0.1, 0.15) is 6.42 Å². The molecular weight excluding hydrogens is 308 g/mol. The molecule has 0 spiro atoms. The van der Waals surface area contributed by atoms with Crippen LogP contribution < -0.4 is 10.2 Å². The highest BCUT2D eigenvalue weighted by Crippen LogP contribution is 1.86. The molecular formula is C14H32N2O7. The van der Waals surface area contributed by atoms with Gasteiger partial charge in [0.05, 0.1) is 67.6 Å². The Morgan fingerprint density at radius 1 is 0.870 bits per heavy atom. The van der Waals surface area contributed by atoms with Gasteiger partial charge in [0.1, 0.15) is 13.1 Å². The first kappa shape index (κ1) is 26.6. The number of carbonyl (C=O) groups is 2. The number of rotatable bonds is 7. The summed E-state index contributed by atoms with van der Waals surface area (Å²) in [6.07, 6.45) is -2.89. The van der Waals surface area contributed by atoms with Gasteiger partial charge < -0.3 is 44.1 Å². The molecule has 0 fully saturated rings. The summed E-state index contributed by atoms with van der Waals surface area (Å²) in [7, 11) is 12.3. The Kier molecular flexibility index (Phi) is 15.3. The van der Waals surface area contributed by atoms with Crippen LogP contribution in [0.2, 0.25) is 0 Å². The van der Waals surface area contributed by atoms with Crippen LogP contribution in [0.4, 0.5) is 0 Å². The van der Waals surface area contributed by atoms with E-state index in [1.807, 2.05) is 0 Å². The molecule has 3 N–H and O–H groups in total. The molecule has 1 unspecified atom stereocenters. The van der Waals surface area contributed by atoms with Crippen LogP contribution >= 0.6 is 0 Å². The van der Waals surface area contributed by atoms with Crippen LogP contribution in [0.25, 0.3) is 0 Å². The predicted molar refractivity (Wildman–Crippen MR) is 80.6 cm³/mol. The molecule has 0 saturated heterocycles. The first-order valence-corrected chi connectivity index (χ1v) is 7.07. The van der Waals surface area contributed by atoms with Gasteiger partial charge in [0.25, 0.3) is 0 Å². The van der Waals surface area contributed by atoms with Crippen molar-refractivity contribution in [3.63, 3.8) is 0 Å². The van der Waals surface area contributed by atoms with E-state index in [0.29, 0.717) is 0 Å². The third-order valence-corrected chi connectivity index (χ3v) is 2.17. The third-order valence-electron chi connectivity index (χ3n) is 2.17. The maximum atomic E-state index is 9.58. The normalized spacial score (nSPS) is 12.2. The number of aliphatic carboxylic acids is 2. The van der Waals surface area contributed by atoms with Crippen molar-refractivity contribution < 1.29 is 44.1 Å². The summed E-state index contributed by atoms with van der Waals surface area (Å²) < 4.78 is 1.69. The second-order valence-corrected chi connectivity index (χ2v) is 6.89. The highest BCUT2D eigenvalue weighted by Gasteiger charge is 2.03. The topological polar surface area (TPSA) is 141 Å². The molecule has 9 heteroatoms. The maximum absolute atomic E-state index is 9.58. The second kappa shape index (κ2) is 13.2. The predicted octanol–water partition coefficient (Wildman–Crippen LogP) is -4.39. The van der Waals surface area contributed by atoms with E-state index in [9.17, 15) is 19.8 Å². The van der Waals surface area contributed by atoms with Crippen molar-refractivity contribution in [2.45, 2.75) is 12.5 Å². The van der Waals surface area contributed by atoms with Crippen molar-refractivity contribution >= 4 is 11.9 Å². The molecule has 23 heavy (non-hydrogen) atoms. The lowest BCUT2D eigenvalue weighted by atomic mass is 10.3. The summed E-state index contributed by atoms with van der Waals surface area (Å²) >= 11 is 0. The highest BCUT2D eigenvalue weighted by atomic mass is 16.4. The molecule has 0 amide bonds. The van der Waals surface area contributed by atoms with E-state index < -0.39 is 24.5 Å². The summed E-state index contributed by atoms with van der Waals surface area (Å²) in [5, 5.41) is 44.1. The van der Waals surface area contributed by atoms with Gasteiger partial charge in [0, 0.05) is 12.4 Å². The van der Waals surface area contributed by atoms with E-state index in [-0.39, 0.29) is 13.2 Å². The monoisotopic (exact) mass is 340 g/mol. The zero-order chi connectivity index (χ0) is 19.3. The molecule has 0 bridgehead atoms. The molecule has 0 heterocycles. The zero-order valence-electron chi connectivity index (χ0n) is 15.0.